The van der Waals surface area contributed by atoms with Crippen LogP contribution in [0.15, 0.2) is 42.5 Å². The zero-order chi connectivity index (χ0) is 19.1. The third kappa shape index (κ3) is 5.40. The van der Waals surface area contributed by atoms with Crippen molar-refractivity contribution in [1.82, 2.24) is 5.32 Å². The molecule has 0 atom stereocenters. The summed E-state index contributed by atoms with van der Waals surface area (Å²) < 4.78 is 5.45. The second kappa shape index (κ2) is 9.12. The minimum Gasteiger partial charge on any atom is -0.494 e. The van der Waals surface area contributed by atoms with Gasteiger partial charge in [-0.25, -0.2) is 0 Å². The van der Waals surface area contributed by atoms with Crippen LogP contribution in [0.3, 0.4) is 0 Å². The molecule has 0 heterocycles. The SMILES string of the molecule is CCCOc1ccc(C(=O)NC(=S)Nc2cc([N+](=O)[O-])ccc2Cl)cc1. The van der Waals surface area contributed by atoms with Crippen LogP contribution in [0.5, 0.6) is 5.75 Å². The van der Waals surface area contributed by atoms with Gasteiger partial charge < -0.3 is 10.1 Å². The smallest absolute Gasteiger partial charge is 0.271 e. The molecule has 0 fully saturated rings. The molecule has 2 aromatic rings. The molecule has 0 spiro atoms. The van der Waals surface area contributed by atoms with Crippen molar-refractivity contribution in [3.63, 3.8) is 0 Å². The maximum Gasteiger partial charge on any atom is 0.271 e. The number of carbonyl (C=O) groups is 1. The number of nitrogens with one attached hydrogen (secondary N) is 2. The summed E-state index contributed by atoms with van der Waals surface area (Å²) in [5.74, 6) is 0.249. The highest BCUT2D eigenvalue weighted by Crippen LogP contribution is 2.26. The van der Waals surface area contributed by atoms with Gasteiger partial charge in [-0.05, 0) is 49.0 Å². The molecule has 2 rings (SSSR count). The number of nitrogens with zero attached hydrogens (tertiary/aromatic N) is 1. The van der Waals surface area contributed by atoms with E-state index in [1.54, 1.807) is 24.3 Å². The molecule has 0 aliphatic heterocycles. The minimum atomic E-state index is -0.550. The second-order valence-corrected chi connectivity index (χ2v) is 6.02. The summed E-state index contributed by atoms with van der Waals surface area (Å²) in [7, 11) is 0. The van der Waals surface area contributed by atoms with E-state index in [1.165, 1.54) is 18.2 Å². The lowest BCUT2D eigenvalue weighted by Crippen LogP contribution is -2.34. The Labute approximate surface area is 160 Å². The number of anilines is 1. The number of nitro groups is 1. The molecule has 2 aromatic carbocycles. The van der Waals surface area contributed by atoms with Crippen LogP contribution in [0.1, 0.15) is 23.7 Å². The average Bonchev–Trinajstić information content (AvgIpc) is 2.62. The van der Waals surface area contributed by atoms with Gasteiger partial charge in [-0.15, -0.1) is 0 Å². The number of carbonyl (C=O) groups excluding carboxylic acids is 1. The first kappa shape index (κ1) is 19.6. The average molecular weight is 394 g/mol. The summed E-state index contributed by atoms with van der Waals surface area (Å²) in [5, 5.41) is 16.2. The lowest BCUT2D eigenvalue weighted by atomic mass is 10.2. The van der Waals surface area contributed by atoms with Crippen LogP contribution in [0.4, 0.5) is 11.4 Å². The van der Waals surface area contributed by atoms with Gasteiger partial charge in [0.05, 0.1) is 22.2 Å². The summed E-state index contributed by atoms with van der Waals surface area (Å²) in [6, 6.07) is 10.5. The predicted molar refractivity (Wildman–Crippen MR) is 104 cm³/mol. The number of nitro benzene ring substituents is 1. The lowest BCUT2D eigenvalue weighted by molar-refractivity contribution is -0.384. The van der Waals surface area contributed by atoms with Crippen molar-refractivity contribution >= 4 is 46.2 Å². The van der Waals surface area contributed by atoms with Gasteiger partial charge >= 0.3 is 0 Å². The van der Waals surface area contributed by atoms with E-state index in [-0.39, 0.29) is 21.5 Å². The molecule has 0 saturated carbocycles. The van der Waals surface area contributed by atoms with Gasteiger partial charge in [-0.3, -0.25) is 20.2 Å². The van der Waals surface area contributed by atoms with Crippen molar-refractivity contribution in [2.24, 2.45) is 0 Å². The van der Waals surface area contributed by atoms with E-state index in [4.69, 9.17) is 28.6 Å². The molecule has 0 aliphatic rings. The molecule has 0 aromatic heterocycles. The van der Waals surface area contributed by atoms with Crippen LogP contribution in [0.25, 0.3) is 0 Å². The summed E-state index contributed by atoms with van der Waals surface area (Å²) in [6.45, 7) is 2.60. The summed E-state index contributed by atoms with van der Waals surface area (Å²) in [4.78, 5) is 22.5. The molecule has 0 bridgehead atoms. The third-order valence-electron chi connectivity index (χ3n) is 3.23. The van der Waals surface area contributed by atoms with Crippen molar-refractivity contribution in [3.05, 3.63) is 63.2 Å². The van der Waals surface area contributed by atoms with E-state index >= 15 is 0 Å². The summed E-state index contributed by atoms with van der Waals surface area (Å²) in [5.41, 5.74) is 0.478. The van der Waals surface area contributed by atoms with Crippen molar-refractivity contribution in [2.75, 3.05) is 11.9 Å². The zero-order valence-corrected chi connectivity index (χ0v) is 15.4. The van der Waals surface area contributed by atoms with Gasteiger partial charge in [0.15, 0.2) is 5.11 Å². The van der Waals surface area contributed by atoms with Gasteiger partial charge in [-0.2, -0.15) is 0 Å². The first-order valence-corrected chi connectivity index (χ1v) is 8.48. The van der Waals surface area contributed by atoms with Crippen molar-refractivity contribution < 1.29 is 14.5 Å². The lowest BCUT2D eigenvalue weighted by Gasteiger charge is -2.11. The molecule has 0 saturated heterocycles. The Kier molecular flexibility index (Phi) is 6.88. The second-order valence-electron chi connectivity index (χ2n) is 5.20. The molecule has 26 heavy (non-hydrogen) atoms. The molecular weight excluding hydrogens is 378 g/mol. The Balaban J connectivity index is 2.00. The molecule has 0 aliphatic carbocycles. The molecular formula is C17H16ClN3O4S. The van der Waals surface area contributed by atoms with E-state index < -0.39 is 10.8 Å². The van der Waals surface area contributed by atoms with Crippen LogP contribution < -0.4 is 15.4 Å². The maximum atomic E-state index is 12.2. The summed E-state index contributed by atoms with van der Waals surface area (Å²) >= 11 is 11.1. The Morgan fingerprint density at radius 1 is 1.27 bits per heavy atom. The van der Waals surface area contributed by atoms with Crippen molar-refractivity contribution in [1.29, 1.82) is 0 Å². The van der Waals surface area contributed by atoms with Crippen molar-refractivity contribution in [3.8, 4) is 5.75 Å². The topological polar surface area (TPSA) is 93.5 Å². The fraction of sp³-hybridized carbons (Fsp3) is 0.176. The largest absolute Gasteiger partial charge is 0.494 e. The number of hydrogen-bond acceptors (Lipinski definition) is 5. The summed E-state index contributed by atoms with van der Waals surface area (Å²) in [6.07, 6.45) is 0.891. The van der Waals surface area contributed by atoms with E-state index in [1.807, 2.05) is 6.92 Å². The van der Waals surface area contributed by atoms with Gasteiger partial charge in [0.2, 0.25) is 0 Å². The van der Waals surface area contributed by atoms with Gasteiger partial charge in [-0.1, -0.05) is 18.5 Å². The number of benzene rings is 2. The highest BCUT2D eigenvalue weighted by Gasteiger charge is 2.13. The molecule has 0 radical (unpaired) electrons. The van der Waals surface area contributed by atoms with E-state index in [9.17, 15) is 14.9 Å². The van der Waals surface area contributed by atoms with Crippen molar-refractivity contribution in [2.45, 2.75) is 13.3 Å². The molecule has 2 N–H and O–H groups in total. The fourth-order valence-corrected chi connectivity index (χ4v) is 2.34. The van der Waals surface area contributed by atoms with Gasteiger partial charge in [0.25, 0.3) is 11.6 Å². The minimum absolute atomic E-state index is 0.0243. The molecule has 136 valence electrons. The van der Waals surface area contributed by atoms with Crippen LogP contribution >= 0.6 is 23.8 Å². The number of amides is 1. The van der Waals surface area contributed by atoms with Crippen LogP contribution in [0, 0.1) is 10.1 Å². The maximum absolute atomic E-state index is 12.2. The Morgan fingerprint density at radius 3 is 2.58 bits per heavy atom. The number of thiocarbonyl (C=S) groups is 1. The van der Waals surface area contributed by atoms with Gasteiger partial charge in [0.1, 0.15) is 5.75 Å². The highest BCUT2D eigenvalue weighted by atomic mass is 35.5. The van der Waals surface area contributed by atoms with E-state index in [0.717, 1.165) is 6.42 Å². The third-order valence-corrected chi connectivity index (χ3v) is 3.76. The Hall–Kier alpha value is -2.71. The van der Waals surface area contributed by atoms with E-state index in [2.05, 4.69) is 10.6 Å². The number of ether oxygens (including phenoxy) is 1. The molecule has 0 unspecified atom stereocenters. The molecule has 1 amide bonds. The van der Waals surface area contributed by atoms with Crippen LogP contribution in [-0.4, -0.2) is 22.5 Å². The van der Waals surface area contributed by atoms with Gasteiger partial charge in [0, 0.05) is 17.7 Å². The normalized spacial score (nSPS) is 10.1. The number of hydrogen-bond donors (Lipinski definition) is 2. The Morgan fingerprint density at radius 2 is 1.96 bits per heavy atom. The number of rotatable bonds is 6. The first-order valence-electron chi connectivity index (χ1n) is 7.70. The predicted octanol–water partition coefficient (Wildman–Crippen LogP) is 4.16. The molecule has 7 nitrogen and oxygen atoms in total. The quantitative estimate of drug-likeness (QED) is 0.434. The number of non-ortho nitro benzene ring substituents is 1. The van der Waals surface area contributed by atoms with E-state index in [0.29, 0.717) is 17.9 Å². The first-order chi connectivity index (χ1) is 12.4. The fourth-order valence-electron chi connectivity index (χ4n) is 1.97. The highest BCUT2D eigenvalue weighted by molar-refractivity contribution is 7.80. The monoisotopic (exact) mass is 393 g/mol. The van der Waals surface area contributed by atoms with Crippen LogP contribution in [0.2, 0.25) is 5.02 Å². The molecule has 9 heteroatoms. The van der Waals surface area contributed by atoms with Crippen LogP contribution in [-0.2, 0) is 0 Å². The Bertz CT molecular complexity index is 827. The zero-order valence-electron chi connectivity index (χ0n) is 13.8. The standard InChI is InChI=1S/C17H16ClN3O4S/c1-2-9-25-13-6-3-11(4-7-13)16(22)20-17(26)19-15-10-12(21(23)24)5-8-14(15)18/h3-8,10H,2,9H2,1H3,(H2,19,20,22,26). The number of halogens is 1.